The smallest absolute Gasteiger partial charge is 0.327 e. The van der Waals surface area contributed by atoms with Gasteiger partial charge < -0.3 is 14.5 Å². The molecule has 0 aromatic heterocycles. The van der Waals surface area contributed by atoms with Crippen LogP contribution in [0.2, 0.25) is 0 Å². The van der Waals surface area contributed by atoms with Crippen LogP contribution in [0.15, 0.2) is 0 Å². The van der Waals surface area contributed by atoms with Crippen molar-refractivity contribution < 1.29 is 29.5 Å². The van der Waals surface area contributed by atoms with E-state index in [1.807, 2.05) is 13.8 Å². The number of hydroxylamine groups is 2. The molecule has 0 aliphatic carbocycles. The van der Waals surface area contributed by atoms with Gasteiger partial charge in [0.2, 0.25) is 0 Å². The lowest BCUT2D eigenvalue weighted by atomic mass is 9.78. The molecule has 11 nitrogen and oxygen atoms in total. The Kier molecular flexibility index (Phi) is 7.35. The Hall–Kier alpha value is -2.17. The van der Waals surface area contributed by atoms with Crippen LogP contribution >= 0.6 is 0 Å². The minimum absolute atomic E-state index is 0.218. The van der Waals surface area contributed by atoms with E-state index >= 15 is 0 Å². The predicted octanol–water partition coefficient (Wildman–Crippen LogP) is 2.40. The summed E-state index contributed by atoms with van der Waals surface area (Å²) in [6.45, 7) is 10.3. The van der Waals surface area contributed by atoms with E-state index in [1.54, 1.807) is 32.8 Å². The molecule has 0 spiro atoms. The molecule has 0 aromatic carbocycles. The molecular formula is C16H29N3O8. The first-order chi connectivity index (χ1) is 12.3. The Bertz CT molecular complexity index is 564. The summed E-state index contributed by atoms with van der Waals surface area (Å²) < 4.78 is 0. The van der Waals surface area contributed by atoms with E-state index in [0.29, 0.717) is 12.8 Å². The standard InChI is InChI=1S/C16H29N3O8/c1-11(2)14(20)27-17-15(3,4)8-7-12(9-25-18(21)22)13(16(17,5)6)10-26-19(23)24/h11-13H,7-10H2,1-6H3. The van der Waals surface area contributed by atoms with Gasteiger partial charge in [-0.05, 0) is 46.5 Å². The van der Waals surface area contributed by atoms with Gasteiger partial charge in [-0.15, -0.1) is 25.3 Å². The molecule has 0 radical (unpaired) electrons. The fraction of sp³-hybridized carbons (Fsp3) is 0.938. The zero-order chi connectivity index (χ0) is 21.0. The highest BCUT2D eigenvalue weighted by molar-refractivity contribution is 5.71. The summed E-state index contributed by atoms with van der Waals surface area (Å²) in [5.41, 5.74) is -1.49. The number of carbonyl (C=O) groups excluding carboxylic acids is 1. The summed E-state index contributed by atoms with van der Waals surface area (Å²) in [5, 5.41) is 21.1. The van der Waals surface area contributed by atoms with E-state index in [2.05, 4.69) is 9.68 Å². The minimum atomic E-state index is -0.901. The van der Waals surface area contributed by atoms with Crippen LogP contribution in [-0.4, -0.2) is 45.5 Å². The fourth-order valence-electron chi connectivity index (χ4n) is 3.62. The Morgan fingerprint density at radius 2 is 1.63 bits per heavy atom. The topological polar surface area (TPSA) is 134 Å². The molecule has 1 rings (SSSR count). The molecule has 1 aliphatic heterocycles. The second-order valence-electron chi connectivity index (χ2n) is 8.27. The monoisotopic (exact) mass is 391 g/mol. The lowest BCUT2D eigenvalue weighted by Gasteiger charge is -2.48. The van der Waals surface area contributed by atoms with E-state index in [9.17, 15) is 25.0 Å². The van der Waals surface area contributed by atoms with Gasteiger partial charge in [-0.1, -0.05) is 13.8 Å². The summed E-state index contributed by atoms with van der Waals surface area (Å²) in [6, 6.07) is 0. The lowest BCUT2D eigenvalue weighted by Crippen LogP contribution is -2.59. The summed E-state index contributed by atoms with van der Waals surface area (Å²) >= 11 is 0. The highest BCUT2D eigenvalue weighted by Gasteiger charge is 2.51. The van der Waals surface area contributed by atoms with Crippen LogP contribution in [0.3, 0.4) is 0 Å². The second kappa shape index (κ2) is 8.68. The third kappa shape index (κ3) is 5.91. The quantitative estimate of drug-likeness (QED) is 0.451. The van der Waals surface area contributed by atoms with Crippen molar-refractivity contribution >= 4 is 5.97 Å². The Labute approximate surface area is 158 Å². The molecule has 0 N–H and O–H groups in total. The maximum absolute atomic E-state index is 12.3. The van der Waals surface area contributed by atoms with Gasteiger partial charge in [0.15, 0.2) is 0 Å². The van der Waals surface area contributed by atoms with Crippen LogP contribution in [0, 0.1) is 38.0 Å². The molecule has 27 heavy (non-hydrogen) atoms. The van der Waals surface area contributed by atoms with Crippen LogP contribution < -0.4 is 0 Å². The first-order valence-corrected chi connectivity index (χ1v) is 8.85. The van der Waals surface area contributed by atoms with Crippen molar-refractivity contribution in [1.82, 2.24) is 5.06 Å². The molecule has 11 heteroatoms. The third-order valence-corrected chi connectivity index (χ3v) is 5.08. The molecule has 2 atom stereocenters. The molecule has 0 aromatic rings. The van der Waals surface area contributed by atoms with Gasteiger partial charge in [0.25, 0.3) is 10.2 Å². The summed E-state index contributed by atoms with van der Waals surface area (Å²) in [4.78, 5) is 48.5. The highest BCUT2D eigenvalue weighted by Crippen LogP contribution is 2.43. The maximum Gasteiger partial charge on any atom is 0.327 e. The van der Waals surface area contributed by atoms with Crippen molar-refractivity contribution in [3.63, 3.8) is 0 Å². The Morgan fingerprint density at radius 1 is 1.11 bits per heavy atom. The van der Waals surface area contributed by atoms with Gasteiger partial charge in [-0.25, -0.2) is 0 Å². The Morgan fingerprint density at radius 3 is 2.11 bits per heavy atom. The van der Waals surface area contributed by atoms with Crippen molar-refractivity contribution in [3.05, 3.63) is 20.2 Å². The van der Waals surface area contributed by atoms with Gasteiger partial charge in [-0.3, -0.25) is 4.79 Å². The van der Waals surface area contributed by atoms with E-state index in [4.69, 9.17) is 4.84 Å². The van der Waals surface area contributed by atoms with Crippen LogP contribution in [0.4, 0.5) is 0 Å². The van der Waals surface area contributed by atoms with Crippen LogP contribution in [0.1, 0.15) is 54.4 Å². The van der Waals surface area contributed by atoms with Gasteiger partial charge in [0.05, 0.1) is 23.6 Å². The molecule has 1 aliphatic rings. The van der Waals surface area contributed by atoms with Gasteiger partial charge in [0.1, 0.15) is 6.61 Å². The van der Waals surface area contributed by atoms with Gasteiger partial charge >= 0.3 is 5.97 Å². The van der Waals surface area contributed by atoms with Crippen LogP contribution in [-0.2, 0) is 19.3 Å². The summed E-state index contributed by atoms with van der Waals surface area (Å²) in [5.74, 6) is -1.73. The van der Waals surface area contributed by atoms with Crippen LogP contribution in [0.25, 0.3) is 0 Å². The molecule has 0 bridgehead atoms. The number of nitrogens with zero attached hydrogens (tertiary/aromatic N) is 3. The Balaban J connectivity index is 3.25. The van der Waals surface area contributed by atoms with E-state index in [1.165, 1.54) is 0 Å². The van der Waals surface area contributed by atoms with E-state index in [-0.39, 0.29) is 19.1 Å². The van der Waals surface area contributed by atoms with Gasteiger partial charge in [-0.2, -0.15) is 0 Å². The molecule has 0 saturated carbocycles. The van der Waals surface area contributed by atoms with Crippen molar-refractivity contribution in [1.29, 1.82) is 0 Å². The van der Waals surface area contributed by atoms with E-state index in [0.717, 1.165) is 0 Å². The number of hydrogen-bond acceptors (Lipinski definition) is 9. The minimum Gasteiger partial charge on any atom is -0.367 e. The molecule has 2 unspecified atom stereocenters. The molecule has 1 saturated heterocycles. The lowest BCUT2D eigenvalue weighted by molar-refractivity contribution is -0.764. The number of hydrogen-bond donors (Lipinski definition) is 0. The van der Waals surface area contributed by atoms with Gasteiger partial charge in [0, 0.05) is 5.92 Å². The fourth-order valence-corrected chi connectivity index (χ4v) is 3.62. The van der Waals surface area contributed by atoms with Crippen molar-refractivity contribution in [2.75, 3.05) is 13.2 Å². The first kappa shape index (κ1) is 22.9. The summed E-state index contributed by atoms with van der Waals surface area (Å²) in [6.07, 6.45) is 1.04. The zero-order valence-corrected chi connectivity index (χ0v) is 16.7. The van der Waals surface area contributed by atoms with Crippen LogP contribution in [0.5, 0.6) is 0 Å². The molecule has 156 valence electrons. The highest BCUT2D eigenvalue weighted by atomic mass is 17.0. The number of rotatable bonds is 8. The normalized spacial score (nSPS) is 24.7. The first-order valence-electron chi connectivity index (χ1n) is 8.85. The number of carbonyl (C=O) groups is 1. The zero-order valence-electron chi connectivity index (χ0n) is 16.7. The SMILES string of the molecule is CC(C)C(=O)ON1C(C)(C)CCC(CO[N+](=O)[O-])C(CO[N+](=O)[O-])C1(C)C. The average molecular weight is 391 g/mol. The molecular weight excluding hydrogens is 362 g/mol. The third-order valence-electron chi connectivity index (χ3n) is 5.08. The summed E-state index contributed by atoms with van der Waals surface area (Å²) in [7, 11) is 0. The largest absolute Gasteiger partial charge is 0.367 e. The second-order valence-corrected chi connectivity index (χ2v) is 8.27. The van der Waals surface area contributed by atoms with Crippen molar-refractivity contribution in [2.45, 2.75) is 65.5 Å². The van der Waals surface area contributed by atoms with Crippen molar-refractivity contribution in [2.24, 2.45) is 17.8 Å². The molecule has 0 amide bonds. The maximum atomic E-state index is 12.3. The molecule has 1 fully saturated rings. The predicted molar refractivity (Wildman–Crippen MR) is 93.0 cm³/mol. The van der Waals surface area contributed by atoms with E-state index < -0.39 is 39.1 Å². The average Bonchev–Trinajstić information content (AvgIpc) is 2.58. The molecule has 1 heterocycles. The van der Waals surface area contributed by atoms with Crippen molar-refractivity contribution in [3.8, 4) is 0 Å².